The van der Waals surface area contributed by atoms with Crippen molar-refractivity contribution in [3.05, 3.63) is 71.2 Å². The first-order chi connectivity index (χ1) is 11.7. The van der Waals surface area contributed by atoms with Crippen LogP contribution in [0.5, 0.6) is 11.5 Å². The van der Waals surface area contributed by atoms with Gasteiger partial charge in [0.2, 0.25) is 6.79 Å². The highest BCUT2D eigenvalue weighted by Gasteiger charge is 2.13. The number of rotatable bonds is 3. The monoisotopic (exact) mass is 337 g/mol. The largest absolute Gasteiger partial charge is 0.454 e. The summed E-state index contributed by atoms with van der Waals surface area (Å²) in [4.78, 5) is 0. The van der Waals surface area contributed by atoms with Gasteiger partial charge in [0, 0.05) is 22.5 Å². The van der Waals surface area contributed by atoms with Crippen LogP contribution in [0.1, 0.15) is 5.56 Å². The molecule has 0 unspecified atom stereocenters. The molecule has 0 spiro atoms. The molecule has 0 amide bonds. The Bertz CT molecular complexity index is 908. The number of fused-ring (bicyclic) bond motifs is 1. The fourth-order valence-corrected chi connectivity index (χ4v) is 2.92. The van der Waals surface area contributed by atoms with Gasteiger partial charge in [-0.25, -0.2) is 0 Å². The number of benzene rings is 3. The van der Waals surface area contributed by atoms with Crippen LogP contribution in [0.15, 0.2) is 60.7 Å². The van der Waals surface area contributed by atoms with Gasteiger partial charge in [0.1, 0.15) is 0 Å². The average molecular weight is 338 g/mol. The first-order valence-electron chi connectivity index (χ1n) is 7.72. The highest BCUT2D eigenvalue weighted by atomic mass is 35.5. The Hall–Kier alpha value is -2.65. The summed E-state index contributed by atoms with van der Waals surface area (Å²) in [6.07, 6.45) is 0. The number of halogens is 1. The van der Waals surface area contributed by atoms with Crippen LogP contribution < -0.4 is 14.8 Å². The Kier molecular flexibility index (Phi) is 3.79. The first kappa shape index (κ1) is 14.9. The van der Waals surface area contributed by atoms with Gasteiger partial charge in [-0.05, 0) is 53.9 Å². The second-order valence-corrected chi connectivity index (χ2v) is 6.17. The summed E-state index contributed by atoms with van der Waals surface area (Å²) in [6.45, 7) is 2.36. The minimum Gasteiger partial charge on any atom is -0.454 e. The van der Waals surface area contributed by atoms with Crippen molar-refractivity contribution in [2.24, 2.45) is 0 Å². The molecule has 0 saturated heterocycles. The molecular weight excluding hydrogens is 322 g/mol. The van der Waals surface area contributed by atoms with Crippen molar-refractivity contribution in [2.75, 3.05) is 12.1 Å². The molecule has 0 bridgehead atoms. The van der Waals surface area contributed by atoms with Gasteiger partial charge in [0.25, 0.3) is 0 Å². The maximum absolute atomic E-state index is 6.11. The smallest absolute Gasteiger partial charge is 0.231 e. The molecule has 4 heteroatoms. The second-order valence-electron chi connectivity index (χ2n) is 5.73. The van der Waals surface area contributed by atoms with Gasteiger partial charge in [-0.15, -0.1) is 0 Å². The van der Waals surface area contributed by atoms with E-state index in [0.717, 1.165) is 39.0 Å². The van der Waals surface area contributed by atoms with E-state index >= 15 is 0 Å². The standard InChI is InChI=1S/C20H16ClNO2/c1-13-5-6-15(14-3-2-4-16(21)9-14)10-18(13)22-17-7-8-19-20(11-17)24-12-23-19/h2-11,22H,12H2,1H3. The summed E-state index contributed by atoms with van der Waals surface area (Å²) in [5.41, 5.74) is 5.39. The molecule has 0 fully saturated rings. The molecule has 1 aliphatic rings. The molecule has 0 saturated carbocycles. The number of ether oxygens (including phenoxy) is 2. The van der Waals surface area contributed by atoms with E-state index in [2.05, 4.69) is 36.5 Å². The third-order valence-electron chi connectivity index (χ3n) is 4.05. The van der Waals surface area contributed by atoms with E-state index in [0.29, 0.717) is 0 Å². The molecule has 3 nitrogen and oxygen atoms in total. The van der Waals surface area contributed by atoms with Crippen LogP contribution in [0.25, 0.3) is 11.1 Å². The SMILES string of the molecule is Cc1ccc(-c2cccc(Cl)c2)cc1Nc1ccc2c(c1)OCO2. The summed E-state index contributed by atoms with van der Waals surface area (Å²) in [5, 5.41) is 4.19. The van der Waals surface area contributed by atoms with Crippen LogP contribution in [0, 0.1) is 6.92 Å². The van der Waals surface area contributed by atoms with Crippen LogP contribution in [0.2, 0.25) is 5.02 Å². The van der Waals surface area contributed by atoms with Crippen LogP contribution in [0.3, 0.4) is 0 Å². The van der Waals surface area contributed by atoms with Gasteiger partial charge < -0.3 is 14.8 Å². The lowest BCUT2D eigenvalue weighted by molar-refractivity contribution is 0.174. The lowest BCUT2D eigenvalue weighted by atomic mass is 10.0. The highest BCUT2D eigenvalue weighted by Crippen LogP contribution is 2.36. The molecule has 3 aromatic rings. The molecule has 0 atom stereocenters. The molecule has 1 N–H and O–H groups in total. The number of nitrogens with one attached hydrogen (secondary N) is 1. The summed E-state index contributed by atoms with van der Waals surface area (Å²) < 4.78 is 10.8. The first-order valence-corrected chi connectivity index (χ1v) is 8.10. The normalized spacial score (nSPS) is 12.2. The molecule has 1 heterocycles. The molecule has 4 rings (SSSR count). The van der Waals surface area contributed by atoms with E-state index < -0.39 is 0 Å². The van der Waals surface area contributed by atoms with Gasteiger partial charge in [-0.3, -0.25) is 0 Å². The molecular formula is C20H16ClNO2. The Morgan fingerprint density at radius 3 is 2.58 bits per heavy atom. The molecule has 0 aliphatic carbocycles. The van der Waals surface area contributed by atoms with Crippen molar-refractivity contribution in [3.8, 4) is 22.6 Å². The van der Waals surface area contributed by atoms with Gasteiger partial charge in [-0.1, -0.05) is 35.9 Å². The van der Waals surface area contributed by atoms with E-state index in [1.165, 1.54) is 5.56 Å². The third-order valence-corrected chi connectivity index (χ3v) is 4.28. The minimum atomic E-state index is 0.280. The minimum absolute atomic E-state index is 0.280. The Morgan fingerprint density at radius 1 is 0.875 bits per heavy atom. The van der Waals surface area contributed by atoms with Crippen molar-refractivity contribution in [1.82, 2.24) is 0 Å². The van der Waals surface area contributed by atoms with Crippen molar-refractivity contribution in [3.63, 3.8) is 0 Å². The quantitative estimate of drug-likeness (QED) is 0.656. The fourth-order valence-electron chi connectivity index (χ4n) is 2.73. The van der Waals surface area contributed by atoms with E-state index in [1.54, 1.807) is 0 Å². The van der Waals surface area contributed by atoms with Crippen molar-refractivity contribution in [2.45, 2.75) is 6.92 Å². The van der Waals surface area contributed by atoms with E-state index in [9.17, 15) is 0 Å². The average Bonchev–Trinajstić information content (AvgIpc) is 3.04. The van der Waals surface area contributed by atoms with Crippen molar-refractivity contribution in [1.29, 1.82) is 0 Å². The van der Waals surface area contributed by atoms with Gasteiger partial charge in [-0.2, -0.15) is 0 Å². The second kappa shape index (κ2) is 6.10. The Balaban J connectivity index is 1.67. The lowest BCUT2D eigenvalue weighted by Crippen LogP contribution is -1.94. The maximum atomic E-state index is 6.11. The molecule has 120 valence electrons. The number of hydrogen-bond donors (Lipinski definition) is 1. The highest BCUT2D eigenvalue weighted by molar-refractivity contribution is 6.30. The van der Waals surface area contributed by atoms with E-state index in [-0.39, 0.29) is 6.79 Å². The summed E-state index contributed by atoms with van der Waals surface area (Å²) >= 11 is 6.11. The van der Waals surface area contributed by atoms with Crippen LogP contribution in [0.4, 0.5) is 11.4 Å². The number of aryl methyl sites for hydroxylation is 1. The van der Waals surface area contributed by atoms with Crippen molar-refractivity contribution >= 4 is 23.0 Å². The Labute approximate surface area is 145 Å². The summed E-state index contributed by atoms with van der Waals surface area (Å²) in [5.74, 6) is 1.55. The zero-order valence-electron chi connectivity index (χ0n) is 13.2. The summed E-state index contributed by atoms with van der Waals surface area (Å²) in [6, 6.07) is 20.1. The van der Waals surface area contributed by atoms with E-state index in [1.807, 2.05) is 36.4 Å². The van der Waals surface area contributed by atoms with Crippen LogP contribution >= 0.6 is 11.6 Å². The third kappa shape index (κ3) is 2.91. The number of hydrogen-bond acceptors (Lipinski definition) is 3. The molecule has 3 aromatic carbocycles. The Morgan fingerprint density at radius 2 is 1.71 bits per heavy atom. The predicted octanol–water partition coefficient (Wildman–Crippen LogP) is 5.79. The van der Waals surface area contributed by atoms with Gasteiger partial charge >= 0.3 is 0 Å². The number of anilines is 2. The zero-order valence-corrected chi connectivity index (χ0v) is 13.9. The topological polar surface area (TPSA) is 30.5 Å². The molecule has 1 aliphatic heterocycles. The van der Waals surface area contributed by atoms with Crippen LogP contribution in [-0.2, 0) is 0 Å². The van der Waals surface area contributed by atoms with Gasteiger partial charge in [0.05, 0.1) is 0 Å². The zero-order chi connectivity index (χ0) is 16.5. The maximum Gasteiger partial charge on any atom is 0.231 e. The van der Waals surface area contributed by atoms with Gasteiger partial charge in [0.15, 0.2) is 11.5 Å². The van der Waals surface area contributed by atoms with Crippen molar-refractivity contribution < 1.29 is 9.47 Å². The van der Waals surface area contributed by atoms with E-state index in [4.69, 9.17) is 21.1 Å². The molecule has 24 heavy (non-hydrogen) atoms. The fraction of sp³-hybridized carbons (Fsp3) is 0.100. The molecule has 0 aromatic heterocycles. The lowest BCUT2D eigenvalue weighted by Gasteiger charge is -2.12. The van der Waals surface area contributed by atoms with Crippen LogP contribution in [-0.4, -0.2) is 6.79 Å². The predicted molar refractivity (Wildman–Crippen MR) is 97.5 cm³/mol. The summed E-state index contributed by atoms with van der Waals surface area (Å²) in [7, 11) is 0. The molecule has 0 radical (unpaired) electrons.